The van der Waals surface area contributed by atoms with Crippen LogP contribution in [-0.4, -0.2) is 35.8 Å². The van der Waals surface area contributed by atoms with E-state index in [9.17, 15) is 9.59 Å². The minimum absolute atomic E-state index is 0.0324. The van der Waals surface area contributed by atoms with E-state index in [-0.39, 0.29) is 17.9 Å². The molecule has 0 bridgehead atoms. The fourth-order valence-corrected chi connectivity index (χ4v) is 2.89. The quantitative estimate of drug-likeness (QED) is 0.806. The number of likely N-dealkylation sites (tertiary alicyclic amines) is 1. The van der Waals surface area contributed by atoms with Gasteiger partial charge in [-0.1, -0.05) is 6.07 Å². The van der Waals surface area contributed by atoms with Crippen molar-refractivity contribution in [3.05, 3.63) is 28.2 Å². The number of carbonyl (C=O) groups excluding carboxylic acids is 2. The van der Waals surface area contributed by atoms with Gasteiger partial charge in [0.15, 0.2) is 0 Å². The van der Waals surface area contributed by atoms with Crippen LogP contribution < -0.4 is 11.1 Å². The average molecular weight is 340 g/mol. The number of nitrogens with zero attached hydrogens (tertiary/aromatic N) is 1. The Balaban J connectivity index is 2.12. The zero-order valence-electron chi connectivity index (χ0n) is 11.4. The standard InChI is InChI=1S/C14H18BrN3O2/c1-9(19)17-10-4-3-7-18(8-10)14(20)11-5-2-6-12(16)13(11)15/h2,5-6,10H,3-4,7-8,16H2,1H3,(H,17,19). The maximum absolute atomic E-state index is 12.5. The molecule has 1 fully saturated rings. The highest BCUT2D eigenvalue weighted by Crippen LogP contribution is 2.26. The maximum Gasteiger partial charge on any atom is 0.255 e. The van der Waals surface area contributed by atoms with Gasteiger partial charge in [0.05, 0.1) is 10.0 Å². The van der Waals surface area contributed by atoms with Crippen molar-refractivity contribution in [3.63, 3.8) is 0 Å². The van der Waals surface area contributed by atoms with Crippen LogP contribution in [0, 0.1) is 0 Å². The van der Waals surface area contributed by atoms with Crippen LogP contribution in [0.5, 0.6) is 0 Å². The third-order valence-corrected chi connectivity index (χ3v) is 4.26. The molecule has 1 unspecified atom stereocenters. The molecule has 1 heterocycles. The first-order valence-electron chi connectivity index (χ1n) is 6.59. The Kier molecular flexibility index (Phi) is 4.65. The number of amides is 2. The number of nitrogens with one attached hydrogen (secondary N) is 1. The predicted octanol–water partition coefficient (Wildman–Crippen LogP) is 1.77. The van der Waals surface area contributed by atoms with E-state index in [1.807, 2.05) is 0 Å². The Bertz CT molecular complexity index is 533. The topological polar surface area (TPSA) is 75.4 Å². The number of hydrogen-bond acceptors (Lipinski definition) is 3. The molecule has 20 heavy (non-hydrogen) atoms. The van der Waals surface area contributed by atoms with E-state index in [1.165, 1.54) is 6.92 Å². The molecule has 1 aromatic rings. The van der Waals surface area contributed by atoms with E-state index >= 15 is 0 Å². The normalized spacial score (nSPS) is 18.7. The molecule has 1 aliphatic rings. The number of anilines is 1. The molecular formula is C14H18BrN3O2. The number of nitrogen functional groups attached to an aromatic ring is 1. The van der Waals surface area contributed by atoms with Gasteiger partial charge in [-0.25, -0.2) is 0 Å². The van der Waals surface area contributed by atoms with Crippen LogP contribution in [0.3, 0.4) is 0 Å². The minimum Gasteiger partial charge on any atom is -0.398 e. The van der Waals surface area contributed by atoms with Crippen LogP contribution in [0.4, 0.5) is 5.69 Å². The molecule has 1 saturated heterocycles. The molecule has 1 aliphatic heterocycles. The molecule has 108 valence electrons. The highest BCUT2D eigenvalue weighted by atomic mass is 79.9. The van der Waals surface area contributed by atoms with E-state index in [1.54, 1.807) is 23.1 Å². The fraction of sp³-hybridized carbons (Fsp3) is 0.429. The molecule has 6 heteroatoms. The van der Waals surface area contributed by atoms with Crippen molar-refractivity contribution in [2.24, 2.45) is 0 Å². The van der Waals surface area contributed by atoms with Crippen molar-refractivity contribution in [1.82, 2.24) is 10.2 Å². The van der Waals surface area contributed by atoms with E-state index in [0.717, 1.165) is 12.8 Å². The van der Waals surface area contributed by atoms with Crippen LogP contribution in [0.2, 0.25) is 0 Å². The molecule has 0 spiro atoms. The van der Waals surface area contributed by atoms with Gasteiger partial charge in [0, 0.05) is 31.7 Å². The van der Waals surface area contributed by atoms with Crippen molar-refractivity contribution < 1.29 is 9.59 Å². The van der Waals surface area contributed by atoms with Crippen LogP contribution in [0.15, 0.2) is 22.7 Å². The smallest absolute Gasteiger partial charge is 0.255 e. The molecule has 0 radical (unpaired) electrons. The summed E-state index contributed by atoms with van der Waals surface area (Å²) in [7, 11) is 0. The first kappa shape index (κ1) is 14.8. The first-order chi connectivity index (χ1) is 9.49. The van der Waals surface area contributed by atoms with Gasteiger partial charge in [-0.3, -0.25) is 9.59 Å². The van der Waals surface area contributed by atoms with Crippen molar-refractivity contribution in [3.8, 4) is 0 Å². The second-order valence-corrected chi connectivity index (χ2v) is 5.79. The summed E-state index contributed by atoms with van der Waals surface area (Å²) in [4.78, 5) is 25.4. The largest absolute Gasteiger partial charge is 0.398 e. The molecule has 0 aliphatic carbocycles. The second kappa shape index (κ2) is 6.26. The Morgan fingerprint density at radius 3 is 2.90 bits per heavy atom. The molecule has 5 nitrogen and oxygen atoms in total. The zero-order valence-corrected chi connectivity index (χ0v) is 12.9. The molecule has 2 amide bonds. The van der Waals surface area contributed by atoms with Gasteiger partial charge in [-0.15, -0.1) is 0 Å². The SMILES string of the molecule is CC(=O)NC1CCCN(C(=O)c2cccc(N)c2Br)C1. The number of nitrogens with two attached hydrogens (primary N) is 1. The lowest BCUT2D eigenvalue weighted by Gasteiger charge is -2.33. The van der Waals surface area contributed by atoms with Crippen LogP contribution >= 0.6 is 15.9 Å². The summed E-state index contributed by atoms with van der Waals surface area (Å²) in [6, 6.07) is 5.30. The number of hydrogen-bond donors (Lipinski definition) is 2. The van der Waals surface area contributed by atoms with Crippen LogP contribution in [0.1, 0.15) is 30.1 Å². The summed E-state index contributed by atoms with van der Waals surface area (Å²) in [5.74, 6) is -0.117. The molecule has 1 aromatic carbocycles. The number of piperidine rings is 1. The third-order valence-electron chi connectivity index (χ3n) is 3.37. The van der Waals surface area contributed by atoms with Crippen molar-refractivity contribution in [1.29, 1.82) is 0 Å². The lowest BCUT2D eigenvalue weighted by Crippen LogP contribution is -2.49. The molecule has 0 saturated carbocycles. The van der Waals surface area contributed by atoms with E-state index in [2.05, 4.69) is 21.2 Å². The number of benzene rings is 1. The summed E-state index contributed by atoms with van der Waals surface area (Å²) in [5.41, 5.74) is 6.92. The van der Waals surface area contributed by atoms with E-state index in [4.69, 9.17) is 5.73 Å². The summed E-state index contributed by atoms with van der Waals surface area (Å²) in [6.45, 7) is 2.74. The maximum atomic E-state index is 12.5. The van der Waals surface area contributed by atoms with Gasteiger partial charge >= 0.3 is 0 Å². The monoisotopic (exact) mass is 339 g/mol. The van der Waals surface area contributed by atoms with Gasteiger partial charge in [0.2, 0.25) is 5.91 Å². The highest BCUT2D eigenvalue weighted by Gasteiger charge is 2.26. The van der Waals surface area contributed by atoms with Gasteiger partial charge in [0.25, 0.3) is 5.91 Å². The van der Waals surface area contributed by atoms with Crippen LogP contribution in [-0.2, 0) is 4.79 Å². The minimum atomic E-state index is -0.0607. The number of halogens is 1. The molecule has 3 N–H and O–H groups in total. The summed E-state index contributed by atoms with van der Waals surface area (Å²) >= 11 is 3.36. The summed E-state index contributed by atoms with van der Waals surface area (Å²) in [6.07, 6.45) is 1.79. The Hall–Kier alpha value is -1.56. The zero-order chi connectivity index (χ0) is 14.7. The Labute approximate surface area is 126 Å². The van der Waals surface area contributed by atoms with Crippen molar-refractivity contribution in [2.45, 2.75) is 25.8 Å². The number of carbonyl (C=O) groups is 2. The first-order valence-corrected chi connectivity index (χ1v) is 7.38. The fourth-order valence-electron chi connectivity index (χ4n) is 2.45. The molecule has 1 atom stereocenters. The molecule has 2 rings (SSSR count). The lowest BCUT2D eigenvalue weighted by atomic mass is 10.0. The van der Waals surface area contributed by atoms with Crippen molar-refractivity contribution in [2.75, 3.05) is 18.8 Å². The van der Waals surface area contributed by atoms with E-state index in [0.29, 0.717) is 28.8 Å². The predicted molar refractivity (Wildman–Crippen MR) is 81.3 cm³/mol. The Morgan fingerprint density at radius 2 is 2.20 bits per heavy atom. The van der Waals surface area contributed by atoms with Gasteiger partial charge in [0.1, 0.15) is 0 Å². The lowest BCUT2D eigenvalue weighted by molar-refractivity contribution is -0.120. The average Bonchev–Trinajstić information content (AvgIpc) is 2.41. The van der Waals surface area contributed by atoms with Gasteiger partial charge in [-0.05, 0) is 40.9 Å². The third kappa shape index (κ3) is 3.30. The van der Waals surface area contributed by atoms with Gasteiger partial charge < -0.3 is 16.0 Å². The van der Waals surface area contributed by atoms with Crippen molar-refractivity contribution >= 4 is 33.4 Å². The van der Waals surface area contributed by atoms with Crippen LogP contribution in [0.25, 0.3) is 0 Å². The Morgan fingerprint density at radius 1 is 1.45 bits per heavy atom. The highest BCUT2D eigenvalue weighted by molar-refractivity contribution is 9.10. The van der Waals surface area contributed by atoms with E-state index < -0.39 is 0 Å². The molecule has 0 aromatic heterocycles. The number of rotatable bonds is 2. The van der Waals surface area contributed by atoms with Gasteiger partial charge in [-0.2, -0.15) is 0 Å². The molecular weight excluding hydrogens is 322 g/mol. The summed E-state index contributed by atoms with van der Waals surface area (Å²) in [5, 5.41) is 2.87. The second-order valence-electron chi connectivity index (χ2n) is 5.00. The summed E-state index contributed by atoms with van der Waals surface area (Å²) < 4.78 is 0.631.